The number of carbonyl (C=O) groups excluding carboxylic acids is 2. The van der Waals surface area contributed by atoms with Gasteiger partial charge in [0.25, 0.3) is 0 Å². The molecule has 0 bridgehead atoms. The summed E-state index contributed by atoms with van der Waals surface area (Å²) in [5.74, 6) is -0.195. The van der Waals surface area contributed by atoms with Crippen molar-refractivity contribution in [3.05, 3.63) is 54.1 Å². The highest BCUT2D eigenvalue weighted by Gasteiger charge is 2.19. The Balaban J connectivity index is 1.45. The summed E-state index contributed by atoms with van der Waals surface area (Å²) in [7, 11) is 0. The molecule has 1 aliphatic rings. The molecule has 1 aliphatic heterocycles. The molecule has 0 aliphatic carbocycles. The van der Waals surface area contributed by atoms with Gasteiger partial charge in [0.1, 0.15) is 5.75 Å². The highest BCUT2D eigenvalue weighted by Crippen LogP contribution is 2.20. The summed E-state index contributed by atoms with van der Waals surface area (Å²) in [5, 5.41) is 12.3. The first-order valence-electron chi connectivity index (χ1n) is 9.78. The molecule has 1 saturated heterocycles. The van der Waals surface area contributed by atoms with Crippen molar-refractivity contribution in [2.45, 2.75) is 20.0 Å². The number of nitrogens with one attached hydrogen (secondary N) is 1. The topological polar surface area (TPSA) is 82.1 Å². The van der Waals surface area contributed by atoms with Gasteiger partial charge in [0.2, 0.25) is 5.91 Å². The average molecular weight is 397 g/mol. The maximum atomic E-state index is 12.3. The van der Waals surface area contributed by atoms with E-state index in [0.717, 1.165) is 31.9 Å². The van der Waals surface area contributed by atoms with Gasteiger partial charge in [0, 0.05) is 37.6 Å². The molecule has 29 heavy (non-hydrogen) atoms. The normalized spacial score (nSPS) is 14.7. The number of esters is 1. The van der Waals surface area contributed by atoms with Gasteiger partial charge >= 0.3 is 5.97 Å². The molecule has 0 spiro atoms. The van der Waals surface area contributed by atoms with E-state index in [0.29, 0.717) is 17.8 Å². The number of aromatic hydroxyl groups is 1. The number of hydrogen-bond acceptors (Lipinski definition) is 6. The zero-order valence-electron chi connectivity index (χ0n) is 16.8. The summed E-state index contributed by atoms with van der Waals surface area (Å²) < 4.78 is 5.15. The molecule has 0 atom stereocenters. The summed E-state index contributed by atoms with van der Waals surface area (Å²) in [6.45, 7) is 7.15. The quantitative estimate of drug-likeness (QED) is 0.730. The predicted octanol–water partition coefficient (Wildman–Crippen LogP) is 2.72. The Bertz CT molecular complexity index is 826. The lowest BCUT2D eigenvalue weighted by atomic mass is 10.2. The average Bonchev–Trinajstić information content (AvgIpc) is 2.69. The molecule has 0 saturated carbocycles. The number of benzene rings is 2. The third-order valence-corrected chi connectivity index (χ3v) is 4.70. The minimum absolute atomic E-state index is 0.0828. The zero-order chi connectivity index (χ0) is 20.8. The zero-order valence-corrected chi connectivity index (χ0v) is 16.8. The Morgan fingerprint density at radius 1 is 1.00 bits per heavy atom. The van der Waals surface area contributed by atoms with E-state index in [-0.39, 0.29) is 23.7 Å². The lowest BCUT2D eigenvalue weighted by Crippen LogP contribution is -2.48. The van der Waals surface area contributed by atoms with Gasteiger partial charge in [-0.25, -0.2) is 4.79 Å². The number of nitrogens with zero attached hydrogens (tertiary/aromatic N) is 2. The van der Waals surface area contributed by atoms with Crippen LogP contribution in [0.1, 0.15) is 24.2 Å². The fourth-order valence-corrected chi connectivity index (χ4v) is 3.20. The Morgan fingerprint density at radius 2 is 1.62 bits per heavy atom. The fourth-order valence-electron chi connectivity index (χ4n) is 3.20. The number of ether oxygens (including phenoxy) is 1. The molecular formula is C22H27N3O4. The Morgan fingerprint density at radius 3 is 2.21 bits per heavy atom. The molecule has 154 valence electrons. The molecule has 0 aromatic heterocycles. The number of rotatable bonds is 6. The van der Waals surface area contributed by atoms with Gasteiger partial charge in [0.05, 0.1) is 18.2 Å². The van der Waals surface area contributed by atoms with Crippen molar-refractivity contribution in [2.75, 3.05) is 42.9 Å². The highest BCUT2D eigenvalue weighted by atomic mass is 16.5. The third kappa shape index (κ3) is 5.96. The van der Waals surface area contributed by atoms with E-state index in [1.54, 1.807) is 50.2 Å². The van der Waals surface area contributed by atoms with Crippen LogP contribution in [0, 0.1) is 0 Å². The van der Waals surface area contributed by atoms with Gasteiger partial charge < -0.3 is 20.1 Å². The van der Waals surface area contributed by atoms with E-state index in [4.69, 9.17) is 4.74 Å². The SMILES string of the molecule is CC(C)OC(=O)c1ccc(NC(=O)CN2CCN(c3ccc(O)cc3)CC2)cc1. The van der Waals surface area contributed by atoms with E-state index >= 15 is 0 Å². The van der Waals surface area contributed by atoms with Gasteiger partial charge in [-0.05, 0) is 62.4 Å². The first-order chi connectivity index (χ1) is 13.9. The second-order valence-electron chi connectivity index (χ2n) is 7.36. The second kappa shape index (κ2) is 9.43. The molecule has 1 amide bonds. The molecular weight excluding hydrogens is 370 g/mol. The Hall–Kier alpha value is -3.06. The van der Waals surface area contributed by atoms with E-state index in [2.05, 4.69) is 15.1 Å². The van der Waals surface area contributed by atoms with E-state index in [9.17, 15) is 14.7 Å². The number of anilines is 2. The van der Waals surface area contributed by atoms with Gasteiger partial charge in [-0.3, -0.25) is 9.69 Å². The molecule has 0 radical (unpaired) electrons. The predicted molar refractivity (Wildman–Crippen MR) is 112 cm³/mol. The number of phenols is 1. The summed E-state index contributed by atoms with van der Waals surface area (Å²) in [6.07, 6.45) is -0.170. The summed E-state index contributed by atoms with van der Waals surface area (Å²) in [4.78, 5) is 28.6. The van der Waals surface area contributed by atoms with Gasteiger partial charge in [-0.15, -0.1) is 0 Å². The molecule has 2 aromatic carbocycles. The van der Waals surface area contributed by atoms with Crippen LogP contribution in [0.5, 0.6) is 5.75 Å². The van der Waals surface area contributed by atoms with Gasteiger partial charge in [-0.1, -0.05) is 0 Å². The number of carbonyl (C=O) groups is 2. The summed E-state index contributed by atoms with van der Waals surface area (Å²) in [6, 6.07) is 13.9. The minimum Gasteiger partial charge on any atom is -0.508 e. The number of piperazine rings is 1. The van der Waals surface area contributed by atoms with Crippen molar-refractivity contribution in [2.24, 2.45) is 0 Å². The van der Waals surface area contributed by atoms with Crippen LogP contribution in [0.15, 0.2) is 48.5 Å². The maximum absolute atomic E-state index is 12.3. The van der Waals surface area contributed by atoms with Crippen LogP contribution in [0.4, 0.5) is 11.4 Å². The molecule has 2 N–H and O–H groups in total. The Kier molecular flexibility index (Phi) is 6.72. The molecule has 1 heterocycles. The van der Waals surface area contributed by atoms with Crippen LogP contribution in [-0.2, 0) is 9.53 Å². The summed E-state index contributed by atoms with van der Waals surface area (Å²) in [5.41, 5.74) is 2.18. The van der Waals surface area contributed by atoms with Crippen molar-refractivity contribution in [3.63, 3.8) is 0 Å². The monoisotopic (exact) mass is 397 g/mol. The van der Waals surface area contributed by atoms with Crippen LogP contribution in [0.2, 0.25) is 0 Å². The van der Waals surface area contributed by atoms with Crippen molar-refractivity contribution < 1.29 is 19.4 Å². The van der Waals surface area contributed by atoms with Crippen molar-refractivity contribution in [3.8, 4) is 5.75 Å². The largest absolute Gasteiger partial charge is 0.508 e. The van der Waals surface area contributed by atoms with Gasteiger partial charge in [-0.2, -0.15) is 0 Å². The standard InChI is InChI=1S/C22H27N3O4/c1-16(2)29-22(28)17-3-5-18(6-4-17)23-21(27)15-24-11-13-25(14-12-24)19-7-9-20(26)10-8-19/h3-10,16,26H,11-15H2,1-2H3,(H,23,27). The summed E-state index contributed by atoms with van der Waals surface area (Å²) >= 11 is 0. The lowest BCUT2D eigenvalue weighted by Gasteiger charge is -2.35. The van der Waals surface area contributed by atoms with Crippen molar-refractivity contribution in [1.82, 2.24) is 4.90 Å². The second-order valence-corrected chi connectivity index (χ2v) is 7.36. The van der Waals surface area contributed by atoms with E-state index < -0.39 is 0 Å². The number of hydrogen-bond donors (Lipinski definition) is 2. The van der Waals surface area contributed by atoms with Crippen LogP contribution in [0.3, 0.4) is 0 Å². The molecule has 1 fully saturated rings. The first kappa shape index (κ1) is 20.7. The third-order valence-electron chi connectivity index (χ3n) is 4.70. The number of amides is 1. The fraction of sp³-hybridized carbons (Fsp3) is 0.364. The molecule has 2 aromatic rings. The molecule has 0 unspecified atom stereocenters. The van der Waals surface area contributed by atoms with Crippen LogP contribution < -0.4 is 10.2 Å². The molecule has 3 rings (SSSR count). The van der Waals surface area contributed by atoms with Gasteiger partial charge in [0.15, 0.2) is 0 Å². The first-order valence-corrected chi connectivity index (χ1v) is 9.78. The molecule has 7 heteroatoms. The van der Waals surface area contributed by atoms with Crippen molar-refractivity contribution >= 4 is 23.3 Å². The smallest absolute Gasteiger partial charge is 0.338 e. The minimum atomic E-state index is -0.371. The van der Waals surface area contributed by atoms with Crippen LogP contribution in [0.25, 0.3) is 0 Å². The highest BCUT2D eigenvalue weighted by molar-refractivity contribution is 5.94. The Labute approximate surface area is 170 Å². The lowest BCUT2D eigenvalue weighted by molar-refractivity contribution is -0.117. The number of phenolic OH excluding ortho intramolecular Hbond substituents is 1. The van der Waals surface area contributed by atoms with Crippen LogP contribution >= 0.6 is 0 Å². The maximum Gasteiger partial charge on any atom is 0.338 e. The van der Waals surface area contributed by atoms with Crippen LogP contribution in [-0.4, -0.2) is 60.7 Å². The van der Waals surface area contributed by atoms with E-state index in [1.165, 1.54) is 0 Å². The van der Waals surface area contributed by atoms with E-state index in [1.807, 2.05) is 12.1 Å². The molecule has 7 nitrogen and oxygen atoms in total. The van der Waals surface area contributed by atoms with Crippen molar-refractivity contribution in [1.29, 1.82) is 0 Å².